The molecule has 0 bridgehead atoms. The summed E-state index contributed by atoms with van der Waals surface area (Å²) in [6.45, 7) is 0. The molecule has 20 heavy (non-hydrogen) atoms. The van der Waals surface area contributed by atoms with Gasteiger partial charge in [0.1, 0.15) is 11.6 Å². The Bertz CT molecular complexity index is 619. The van der Waals surface area contributed by atoms with Gasteiger partial charge in [0.15, 0.2) is 0 Å². The second-order valence-corrected chi connectivity index (χ2v) is 5.28. The van der Waals surface area contributed by atoms with Gasteiger partial charge in [-0.1, -0.05) is 23.2 Å². The Morgan fingerprint density at radius 3 is 2.65 bits per heavy atom. The summed E-state index contributed by atoms with van der Waals surface area (Å²) in [5.74, 6) is 0.309. The fourth-order valence-corrected chi connectivity index (χ4v) is 2.42. The van der Waals surface area contributed by atoms with Crippen molar-refractivity contribution in [3.05, 3.63) is 63.4 Å². The number of hydrogen-bond donors (Lipinski definition) is 1. The monoisotopic (exact) mass is 313 g/mol. The molecule has 0 aliphatic carbocycles. The zero-order valence-corrected chi connectivity index (χ0v) is 12.4. The van der Waals surface area contributed by atoms with Crippen LogP contribution in [-0.2, 0) is 6.42 Å². The molecule has 0 saturated carbocycles. The van der Waals surface area contributed by atoms with Crippen molar-refractivity contribution in [2.24, 2.45) is 5.73 Å². The van der Waals surface area contributed by atoms with Crippen molar-refractivity contribution in [1.29, 1.82) is 0 Å². The molecule has 2 nitrogen and oxygen atoms in total. The Kier molecular flexibility index (Phi) is 4.86. The fourth-order valence-electron chi connectivity index (χ4n) is 2.04. The lowest BCUT2D eigenvalue weighted by Gasteiger charge is -2.17. The molecule has 5 heteroatoms. The molecule has 0 radical (unpaired) electrons. The number of ether oxygens (including phenoxy) is 1. The van der Waals surface area contributed by atoms with Crippen LogP contribution in [0, 0.1) is 5.82 Å². The lowest BCUT2D eigenvalue weighted by Crippen LogP contribution is -2.15. The Morgan fingerprint density at radius 2 is 1.95 bits per heavy atom. The van der Waals surface area contributed by atoms with Gasteiger partial charge in [-0.3, -0.25) is 0 Å². The van der Waals surface area contributed by atoms with E-state index in [9.17, 15) is 4.39 Å². The highest BCUT2D eigenvalue weighted by atomic mass is 35.5. The standard InChI is InChI=1S/C15H14Cl2FNO/c1-20-15-5-2-10(16)8-12(15)14(19)7-9-6-11(18)3-4-13(9)17/h2-6,8,14H,7,19H2,1H3. The molecule has 2 rings (SSSR count). The van der Waals surface area contributed by atoms with Gasteiger partial charge >= 0.3 is 0 Å². The van der Waals surface area contributed by atoms with E-state index in [2.05, 4.69) is 0 Å². The molecule has 1 atom stereocenters. The summed E-state index contributed by atoms with van der Waals surface area (Å²) in [7, 11) is 1.56. The van der Waals surface area contributed by atoms with Gasteiger partial charge in [0.25, 0.3) is 0 Å². The van der Waals surface area contributed by atoms with Crippen LogP contribution in [-0.4, -0.2) is 7.11 Å². The van der Waals surface area contributed by atoms with Gasteiger partial charge in [-0.05, 0) is 48.4 Å². The second-order valence-electron chi connectivity index (χ2n) is 4.43. The predicted octanol–water partition coefficient (Wildman–Crippen LogP) is 4.38. The van der Waals surface area contributed by atoms with E-state index in [0.717, 1.165) is 5.56 Å². The third-order valence-electron chi connectivity index (χ3n) is 3.04. The van der Waals surface area contributed by atoms with Gasteiger partial charge in [0.2, 0.25) is 0 Å². The van der Waals surface area contributed by atoms with Crippen LogP contribution in [0.25, 0.3) is 0 Å². The lowest BCUT2D eigenvalue weighted by atomic mass is 9.98. The van der Waals surface area contributed by atoms with E-state index in [1.807, 2.05) is 0 Å². The van der Waals surface area contributed by atoms with Crippen molar-refractivity contribution in [3.8, 4) is 5.75 Å². The highest BCUT2D eigenvalue weighted by Crippen LogP contribution is 2.30. The molecular weight excluding hydrogens is 300 g/mol. The molecule has 0 amide bonds. The number of methoxy groups -OCH3 is 1. The lowest BCUT2D eigenvalue weighted by molar-refractivity contribution is 0.405. The third-order valence-corrected chi connectivity index (χ3v) is 3.64. The molecule has 0 aromatic heterocycles. The molecular formula is C15H14Cl2FNO. The minimum absolute atomic E-state index is 0.338. The number of halogens is 3. The van der Waals surface area contributed by atoms with Crippen LogP contribution in [0.5, 0.6) is 5.75 Å². The van der Waals surface area contributed by atoms with E-state index in [-0.39, 0.29) is 11.9 Å². The average Bonchev–Trinajstić information content (AvgIpc) is 2.42. The maximum absolute atomic E-state index is 13.3. The van der Waals surface area contributed by atoms with Crippen molar-refractivity contribution in [1.82, 2.24) is 0 Å². The largest absolute Gasteiger partial charge is 0.496 e. The van der Waals surface area contributed by atoms with Crippen molar-refractivity contribution >= 4 is 23.2 Å². The maximum Gasteiger partial charge on any atom is 0.123 e. The Balaban J connectivity index is 2.30. The minimum atomic E-state index is -0.386. The first-order valence-electron chi connectivity index (χ1n) is 6.04. The summed E-state index contributed by atoms with van der Waals surface area (Å²) >= 11 is 12.0. The number of rotatable bonds is 4. The minimum Gasteiger partial charge on any atom is -0.496 e. The Labute approximate surface area is 127 Å². The third kappa shape index (κ3) is 3.42. The molecule has 0 spiro atoms. The molecule has 0 fully saturated rings. The van der Waals surface area contributed by atoms with Gasteiger partial charge < -0.3 is 10.5 Å². The molecule has 0 aliphatic heterocycles. The van der Waals surface area contributed by atoms with Crippen LogP contribution in [0.1, 0.15) is 17.2 Å². The number of nitrogens with two attached hydrogens (primary N) is 1. The SMILES string of the molecule is COc1ccc(Cl)cc1C(N)Cc1cc(F)ccc1Cl. The van der Waals surface area contributed by atoms with Gasteiger partial charge in [-0.25, -0.2) is 4.39 Å². The van der Waals surface area contributed by atoms with Crippen LogP contribution >= 0.6 is 23.2 Å². The summed E-state index contributed by atoms with van der Waals surface area (Å²) < 4.78 is 18.5. The summed E-state index contributed by atoms with van der Waals surface area (Å²) in [5, 5.41) is 1.06. The normalized spacial score (nSPS) is 12.2. The van der Waals surface area contributed by atoms with Crippen molar-refractivity contribution < 1.29 is 9.13 Å². The summed E-state index contributed by atoms with van der Waals surface area (Å²) in [6, 6.07) is 9.07. The smallest absolute Gasteiger partial charge is 0.123 e. The highest BCUT2D eigenvalue weighted by molar-refractivity contribution is 6.31. The van der Waals surface area contributed by atoms with Gasteiger partial charge in [0, 0.05) is 21.7 Å². The van der Waals surface area contributed by atoms with Crippen LogP contribution in [0.4, 0.5) is 4.39 Å². The topological polar surface area (TPSA) is 35.2 Å². The average molecular weight is 314 g/mol. The summed E-state index contributed by atoms with van der Waals surface area (Å²) in [4.78, 5) is 0. The Hall–Kier alpha value is -1.29. The molecule has 2 aromatic rings. The van der Waals surface area contributed by atoms with E-state index in [1.54, 1.807) is 25.3 Å². The first-order chi connectivity index (χ1) is 9.51. The van der Waals surface area contributed by atoms with E-state index < -0.39 is 0 Å². The Morgan fingerprint density at radius 1 is 1.20 bits per heavy atom. The molecule has 106 valence electrons. The molecule has 2 aromatic carbocycles. The van der Waals surface area contributed by atoms with Gasteiger partial charge in [-0.2, -0.15) is 0 Å². The van der Waals surface area contributed by atoms with E-state index in [1.165, 1.54) is 18.2 Å². The van der Waals surface area contributed by atoms with E-state index in [0.29, 0.717) is 27.8 Å². The molecule has 0 heterocycles. The molecule has 2 N–H and O–H groups in total. The van der Waals surface area contributed by atoms with Crippen LogP contribution in [0.2, 0.25) is 10.0 Å². The van der Waals surface area contributed by atoms with E-state index >= 15 is 0 Å². The molecule has 0 aliphatic rings. The fraction of sp³-hybridized carbons (Fsp3) is 0.200. The second kappa shape index (κ2) is 6.44. The highest BCUT2D eigenvalue weighted by Gasteiger charge is 2.15. The zero-order chi connectivity index (χ0) is 14.7. The van der Waals surface area contributed by atoms with Crippen LogP contribution in [0.3, 0.4) is 0 Å². The summed E-state index contributed by atoms with van der Waals surface area (Å²) in [6.07, 6.45) is 0.396. The number of benzene rings is 2. The predicted molar refractivity (Wildman–Crippen MR) is 80.0 cm³/mol. The van der Waals surface area contributed by atoms with Crippen molar-refractivity contribution in [2.75, 3.05) is 7.11 Å². The van der Waals surface area contributed by atoms with Gasteiger partial charge in [-0.15, -0.1) is 0 Å². The van der Waals surface area contributed by atoms with Gasteiger partial charge in [0.05, 0.1) is 7.11 Å². The first-order valence-corrected chi connectivity index (χ1v) is 6.80. The van der Waals surface area contributed by atoms with Crippen LogP contribution in [0.15, 0.2) is 36.4 Å². The number of hydrogen-bond acceptors (Lipinski definition) is 2. The first kappa shape index (κ1) is 15.1. The quantitative estimate of drug-likeness (QED) is 0.909. The molecule has 0 saturated heterocycles. The van der Waals surface area contributed by atoms with Crippen LogP contribution < -0.4 is 10.5 Å². The van der Waals surface area contributed by atoms with Crippen molar-refractivity contribution in [2.45, 2.75) is 12.5 Å². The summed E-state index contributed by atoms with van der Waals surface area (Å²) in [5.41, 5.74) is 7.59. The maximum atomic E-state index is 13.3. The molecule has 1 unspecified atom stereocenters. The zero-order valence-electron chi connectivity index (χ0n) is 10.9. The van der Waals surface area contributed by atoms with Crippen molar-refractivity contribution in [3.63, 3.8) is 0 Å². The van der Waals surface area contributed by atoms with E-state index in [4.69, 9.17) is 33.7 Å².